The molecule has 4 heterocycles. The zero-order valence-electron chi connectivity index (χ0n) is 17.4. The van der Waals surface area contributed by atoms with Gasteiger partial charge in [0.05, 0.1) is 12.6 Å². The van der Waals surface area contributed by atoms with Gasteiger partial charge < -0.3 is 9.72 Å². The Balaban J connectivity index is 1.59. The lowest BCUT2D eigenvalue weighted by Gasteiger charge is -2.27. The van der Waals surface area contributed by atoms with E-state index in [4.69, 9.17) is 4.74 Å². The van der Waals surface area contributed by atoms with Gasteiger partial charge in [-0.15, -0.1) is 5.10 Å². The summed E-state index contributed by atoms with van der Waals surface area (Å²) in [5, 5.41) is 13.7. The minimum absolute atomic E-state index is 0.0738. The van der Waals surface area contributed by atoms with Crippen LogP contribution in [0.15, 0.2) is 29.1 Å². The van der Waals surface area contributed by atoms with Gasteiger partial charge in [-0.3, -0.25) is 9.69 Å². The number of fused-ring (bicyclic) bond motifs is 1. The second kappa shape index (κ2) is 8.28. The predicted molar refractivity (Wildman–Crippen MR) is 113 cm³/mol. The van der Waals surface area contributed by atoms with Gasteiger partial charge in [0.25, 0.3) is 5.56 Å². The summed E-state index contributed by atoms with van der Waals surface area (Å²) in [6.45, 7) is 5.42. The Morgan fingerprint density at radius 2 is 2.10 bits per heavy atom. The minimum Gasteiger partial charge on any atom is -0.376 e. The summed E-state index contributed by atoms with van der Waals surface area (Å²) in [6, 6.07) is 7.98. The van der Waals surface area contributed by atoms with Crippen LogP contribution in [-0.2, 0) is 17.7 Å². The van der Waals surface area contributed by atoms with Crippen LogP contribution in [-0.4, -0.2) is 55.9 Å². The number of aromatic amines is 1. The summed E-state index contributed by atoms with van der Waals surface area (Å²) in [4.78, 5) is 18.6. The van der Waals surface area contributed by atoms with Crippen LogP contribution in [0, 0.1) is 0 Å². The summed E-state index contributed by atoms with van der Waals surface area (Å²) < 4.78 is 7.64. The molecule has 2 saturated heterocycles. The number of likely N-dealkylation sites (tertiary alicyclic amines) is 1. The summed E-state index contributed by atoms with van der Waals surface area (Å²) in [5.41, 5.74) is 2.75. The van der Waals surface area contributed by atoms with E-state index >= 15 is 0 Å². The number of nitrogens with zero attached hydrogens (tertiary/aromatic N) is 5. The number of H-pyrrole nitrogens is 1. The van der Waals surface area contributed by atoms with Crippen LogP contribution in [0.2, 0.25) is 0 Å². The molecule has 1 aromatic carbocycles. The maximum Gasteiger partial charge on any atom is 0.253 e. The second-order valence-corrected chi connectivity index (χ2v) is 8.33. The molecule has 2 fully saturated rings. The molecule has 5 rings (SSSR count). The van der Waals surface area contributed by atoms with E-state index in [0.717, 1.165) is 68.5 Å². The van der Waals surface area contributed by atoms with E-state index in [2.05, 4.69) is 44.5 Å². The van der Waals surface area contributed by atoms with Gasteiger partial charge in [-0.1, -0.05) is 13.0 Å². The Morgan fingerprint density at radius 3 is 2.87 bits per heavy atom. The number of tetrazole rings is 1. The number of ether oxygens (including phenoxy) is 1. The molecule has 0 unspecified atom stereocenters. The van der Waals surface area contributed by atoms with Crippen molar-refractivity contribution in [3.05, 3.63) is 51.6 Å². The number of benzene rings is 1. The molecule has 0 spiro atoms. The van der Waals surface area contributed by atoms with Crippen LogP contribution < -0.4 is 5.56 Å². The molecular weight excluding hydrogens is 380 g/mol. The zero-order valence-corrected chi connectivity index (χ0v) is 17.4. The van der Waals surface area contributed by atoms with E-state index in [1.165, 1.54) is 5.56 Å². The average molecular weight is 409 g/mol. The molecule has 0 bridgehead atoms. The number of rotatable bonds is 6. The van der Waals surface area contributed by atoms with Crippen molar-refractivity contribution in [1.29, 1.82) is 0 Å². The lowest BCUT2D eigenvalue weighted by molar-refractivity contribution is 0.0912. The zero-order chi connectivity index (χ0) is 20.5. The quantitative estimate of drug-likeness (QED) is 0.674. The monoisotopic (exact) mass is 408 g/mol. The fourth-order valence-corrected chi connectivity index (χ4v) is 4.71. The minimum atomic E-state index is -0.262. The largest absolute Gasteiger partial charge is 0.376 e. The maximum absolute atomic E-state index is 13.2. The maximum atomic E-state index is 13.2. The standard InChI is InChI=1S/C22H28N6O2/c1-2-15-7-8-19-16(12-15)13-18(22(29)23-19)20(27-9-3-4-10-27)21-24-25-26-28(21)14-17-6-5-11-30-17/h7-8,12-13,17,20H,2-6,9-11,14H2,1H3,(H,23,29)/t17-,20-/m1/s1. The highest BCUT2D eigenvalue weighted by Crippen LogP contribution is 2.30. The van der Waals surface area contributed by atoms with Crippen molar-refractivity contribution in [2.75, 3.05) is 19.7 Å². The van der Waals surface area contributed by atoms with Gasteiger partial charge in [0, 0.05) is 17.7 Å². The van der Waals surface area contributed by atoms with Crippen LogP contribution in [0.25, 0.3) is 10.9 Å². The molecule has 0 saturated carbocycles. The topological polar surface area (TPSA) is 88.9 Å². The van der Waals surface area contributed by atoms with E-state index < -0.39 is 0 Å². The van der Waals surface area contributed by atoms with E-state index in [9.17, 15) is 4.79 Å². The molecule has 0 amide bonds. The van der Waals surface area contributed by atoms with Crippen molar-refractivity contribution in [2.45, 2.75) is 57.7 Å². The Bertz CT molecular complexity index is 1080. The van der Waals surface area contributed by atoms with E-state index in [1.807, 2.05) is 16.8 Å². The van der Waals surface area contributed by atoms with Crippen LogP contribution in [0.1, 0.15) is 55.6 Å². The fraction of sp³-hybridized carbons (Fsp3) is 0.545. The molecule has 2 atom stereocenters. The van der Waals surface area contributed by atoms with Crippen LogP contribution in [0.3, 0.4) is 0 Å². The summed E-state index contributed by atoms with van der Waals surface area (Å²) in [6.07, 6.45) is 5.42. The van der Waals surface area contributed by atoms with Crippen molar-refractivity contribution >= 4 is 10.9 Å². The molecule has 3 aromatic rings. The molecule has 8 nitrogen and oxygen atoms in total. The van der Waals surface area contributed by atoms with E-state index in [0.29, 0.717) is 12.1 Å². The third kappa shape index (κ3) is 3.65. The molecule has 30 heavy (non-hydrogen) atoms. The second-order valence-electron chi connectivity index (χ2n) is 8.33. The number of aryl methyl sites for hydroxylation is 1. The van der Waals surface area contributed by atoms with Gasteiger partial charge >= 0.3 is 0 Å². The lowest BCUT2D eigenvalue weighted by Crippen LogP contribution is -2.34. The summed E-state index contributed by atoms with van der Waals surface area (Å²) in [5.74, 6) is 0.726. The normalized spacial score (nSPS) is 20.9. The Morgan fingerprint density at radius 1 is 1.23 bits per heavy atom. The Kier molecular flexibility index (Phi) is 5.35. The molecule has 0 aliphatic carbocycles. The molecule has 158 valence electrons. The van der Waals surface area contributed by atoms with Crippen LogP contribution in [0.5, 0.6) is 0 Å². The van der Waals surface area contributed by atoms with Gasteiger partial charge in [-0.05, 0) is 84.8 Å². The first-order valence-corrected chi connectivity index (χ1v) is 11.0. The highest BCUT2D eigenvalue weighted by Gasteiger charge is 2.32. The SMILES string of the molecule is CCc1ccc2[nH]c(=O)c([C@H](c3nnnn3C[C@H]3CCCO3)N3CCCC3)cc2c1. The molecule has 2 aliphatic heterocycles. The Labute approximate surface area is 175 Å². The van der Waals surface area contributed by atoms with Gasteiger partial charge in [0.15, 0.2) is 5.82 Å². The predicted octanol–water partition coefficient (Wildman–Crippen LogP) is 2.44. The van der Waals surface area contributed by atoms with Gasteiger partial charge in [0.1, 0.15) is 6.04 Å². The first-order valence-electron chi connectivity index (χ1n) is 11.0. The number of nitrogens with one attached hydrogen (secondary N) is 1. The Hall–Kier alpha value is -2.58. The number of aromatic nitrogens is 5. The van der Waals surface area contributed by atoms with Gasteiger partial charge in [-0.2, -0.15) is 0 Å². The first-order chi connectivity index (χ1) is 14.7. The molecule has 1 N–H and O–H groups in total. The smallest absolute Gasteiger partial charge is 0.253 e. The molecule has 2 aromatic heterocycles. The summed E-state index contributed by atoms with van der Waals surface area (Å²) in [7, 11) is 0. The molecule has 0 radical (unpaired) electrons. The highest BCUT2D eigenvalue weighted by atomic mass is 16.5. The van der Waals surface area contributed by atoms with Crippen molar-refractivity contribution in [2.24, 2.45) is 0 Å². The van der Waals surface area contributed by atoms with Crippen molar-refractivity contribution in [1.82, 2.24) is 30.1 Å². The van der Waals surface area contributed by atoms with Crippen molar-refractivity contribution in [3.8, 4) is 0 Å². The first kappa shape index (κ1) is 19.4. The van der Waals surface area contributed by atoms with Crippen LogP contribution in [0.4, 0.5) is 0 Å². The fourth-order valence-electron chi connectivity index (χ4n) is 4.71. The number of hydrogen-bond acceptors (Lipinski definition) is 6. The third-order valence-corrected chi connectivity index (χ3v) is 6.35. The van der Waals surface area contributed by atoms with Gasteiger partial charge in [-0.25, -0.2) is 4.68 Å². The highest BCUT2D eigenvalue weighted by molar-refractivity contribution is 5.80. The molecular formula is C22H28N6O2. The lowest BCUT2D eigenvalue weighted by atomic mass is 10.0. The van der Waals surface area contributed by atoms with Crippen molar-refractivity contribution < 1.29 is 4.74 Å². The van der Waals surface area contributed by atoms with E-state index in [1.54, 1.807) is 0 Å². The van der Waals surface area contributed by atoms with E-state index in [-0.39, 0.29) is 17.7 Å². The molecule has 2 aliphatic rings. The average Bonchev–Trinajstić information content (AvgIpc) is 3.53. The number of hydrogen-bond donors (Lipinski definition) is 1. The third-order valence-electron chi connectivity index (χ3n) is 6.35. The van der Waals surface area contributed by atoms with Crippen LogP contribution >= 0.6 is 0 Å². The van der Waals surface area contributed by atoms with Gasteiger partial charge in [0.2, 0.25) is 0 Å². The summed E-state index contributed by atoms with van der Waals surface area (Å²) >= 11 is 0. The van der Waals surface area contributed by atoms with Crippen molar-refractivity contribution in [3.63, 3.8) is 0 Å². The number of pyridine rings is 1. The molecule has 8 heteroatoms.